The topological polar surface area (TPSA) is 28.9 Å². The number of aromatic amines is 1. The molecule has 0 saturated carbocycles. The van der Waals surface area contributed by atoms with Crippen LogP contribution < -0.4 is 0 Å². The molecule has 92 valence electrons. The molecule has 3 rings (SSSR count). The molecule has 0 amide bonds. The minimum Gasteiger partial charge on any atom is -0.461 e. The molecule has 18 heavy (non-hydrogen) atoms. The first-order valence-electron chi connectivity index (χ1n) is 6.39. The van der Waals surface area contributed by atoms with E-state index in [9.17, 15) is 0 Å². The molecule has 2 nitrogen and oxygen atoms in total. The van der Waals surface area contributed by atoms with Crippen LogP contribution in [0.5, 0.6) is 0 Å². The van der Waals surface area contributed by atoms with E-state index in [4.69, 9.17) is 4.42 Å². The first-order valence-corrected chi connectivity index (χ1v) is 6.39. The Morgan fingerprint density at radius 1 is 1.11 bits per heavy atom. The minimum atomic E-state index is 0.618. The van der Waals surface area contributed by atoms with Crippen molar-refractivity contribution in [3.8, 4) is 11.3 Å². The first-order chi connectivity index (χ1) is 8.74. The Hall–Kier alpha value is -1.96. The lowest BCUT2D eigenvalue weighted by Gasteiger charge is -2.00. The van der Waals surface area contributed by atoms with Crippen molar-refractivity contribution in [2.45, 2.75) is 20.3 Å². The predicted octanol–water partition coefficient (Wildman–Crippen LogP) is 4.63. The molecule has 0 aliphatic carbocycles. The highest BCUT2D eigenvalue weighted by molar-refractivity contribution is 5.94. The third-order valence-electron chi connectivity index (χ3n) is 3.13. The van der Waals surface area contributed by atoms with Crippen LogP contribution in [0.1, 0.15) is 19.6 Å². The molecule has 2 heterocycles. The predicted molar refractivity (Wildman–Crippen MR) is 74.5 cm³/mol. The van der Waals surface area contributed by atoms with Crippen LogP contribution in [0.4, 0.5) is 0 Å². The number of H-pyrrole nitrogens is 1. The standard InChI is InChI=1S/C16H17NO/c1-11(2)9-12-7-8-16(18-12)14-10-17-15-6-4-3-5-13(14)15/h3-8,10-11,17H,9H2,1-2H3. The second kappa shape index (κ2) is 4.37. The number of hydrogen-bond donors (Lipinski definition) is 1. The highest BCUT2D eigenvalue weighted by atomic mass is 16.3. The summed E-state index contributed by atoms with van der Waals surface area (Å²) in [5.41, 5.74) is 2.29. The molecule has 1 N–H and O–H groups in total. The van der Waals surface area contributed by atoms with Crippen LogP contribution in [0.25, 0.3) is 22.2 Å². The lowest BCUT2D eigenvalue weighted by molar-refractivity contribution is 0.482. The Bertz CT molecular complexity index is 660. The monoisotopic (exact) mass is 239 g/mol. The van der Waals surface area contributed by atoms with E-state index in [1.165, 1.54) is 5.39 Å². The van der Waals surface area contributed by atoms with E-state index in [0.717, 1.165) is 29.0 Å². The van der Waals surface area contributed by atoms with Gasteiger partial charge in [0.1, 0.15) is 11.5 Å². The Morgan fingerprint density at radius 3 is 2.78 bits per heavy atom. The summed E-state index contributed by atoms with van der Waals surface area (Å²) in [4.78, 5) is 3.28. The zero-order valence-corrected chi connectivity index (χ0v) is 10.7. The second-order valence-corrected chi connectivity index (χ2v) is 5.11. The molecule has 0 aliphatic heterocycles. The third-order valence-corrected chi connectivity index (χ3v) is 3.13. The van der Waals surface area contributed by atoms with E-state index >= 15 is 0 Å². The SMILES string of the molecule is CC(C)Cc1ccc(-c2c[nH]c3ccccc23)o1. The van der Waals surface area contributed by atoms with Crippen LogP contribution in [0.3, 0.4) is 0 Å². The van der Waals surface area contributed by atoms with Gasteiger partial charge in [-0.05, 0) is 24.1 Å². The quantitative estimate of drug-likeness (QED) is 0.709. The number of benzene rings is 1. The van der Waals surface area contributed by atoms with Crippen LogP contribution in [-0.2, 0) is 6.42 Å². The lowest BCUT2D eigenvalue weighted by Crippen LogP contribution is -1.90. The van der Waals surface area contributed by atoms with Crippen LogP contribution in [-0.4, -0.2) is 4.98 Å². The number of aromatic nitrogens is 1. The van der Waals surface area contributed by atoms with E-state index in [-0.39, 0.29) is 0 Å². The molecule has 2 heteroatoms. The molecular weight excluding hydrogens is 222 g/mol. The highest BCUT2D eigenvalue weighted by Crippen LogP contribution is 2.30. The molecule has 3 aromatic rings. The molecular formula is C16H17NO. The van der Waals surface area contributed by atoms with Crippen molar-refractivity contribution in [2.24, 2.45) is 5.92 Å². The van der Waals surface area contributed by atoms with E-state index in [2.05, 4.69) is 49.2 Å². The average Bonchev–Trinajstić information content (AvgIpc) is 2.94. The Labute approximate surface area is 107 Å². The van der Waals surface area contributed by atoms with Crippen molar-refractivity contribution in [1.82, 2.24) is 4.98 Å². The van der Waals surface area contributed by atoms with E-state index in [1.807, 2.05) is 12.3 Å². The number of nitrogens with one attached hydrogen (secondary N) is 1. The van der Waals surface area contributed by atoms with Crippen LogP contribution in [0, 0.1) is 5.92 Å². The summed E-state index contributed by atoms with van der Waals surface area (Å²) in [5.74, 6) is 2.63. The molecule has 0 spiro atoms. The van der Waals surface area contributed by atoms with Crippen LogP contribution >= 0.6 is 0 Å². The Kier molecular flexibility index (Phi) is 2.71. The summed E-state index contributed by atoms with van der Waals surface area (Å²) >= 11 is 0. The third kappa shape index (κ3) is 1.94. The fraction of sp³-hybridized carbons (Fsp3) is 0.250. The average molecular weight is 239 g/mol. The van der Waals surface area contributed by atoms with Crippen molar-refractivity contribution in [3.63, 3.8) is 0 Å². The molecule has 1 aromatic carbocycles. The van der Waals surface area contributed by atoms with Gasteiger partial charge in [-0.2, -0.15) is 0 Å². The van der Waals surface area contributed by atoms with Crippen molar-refractivity contribution in [3.05, 3.63) is 48.4 Å². The zero-order chi connectivity index (χ0) is 12.5. The Balaban J connectivity index is 2.01. The molecule has 0 unspecified atom stereocenters. The van der Waals surface area contributed by atoms with Crippen molar-refractivity contribution < 1.29 is 4.42 Å². The maximum absolute atomic E-state index is 5.93. The van der Waals surface area contributed by atoms with Gasteiger partial charge in [0.25, 0.3) is 0 Å². The number of fused-ring (bicyclic) bond motifs is 1. The fourth-order valence-corrected chi connectivity index (χ4v) is 2.31. The first kappa shape index (κ1) is 11.1. The molecule has 0 bridgehead atoms. The Morgan fingerprint density at radius 2 is 1.94 bits per heavy atom. The van der Waals surface area contributed by atoms with Crippen molar-refractivity contribution in [2.75, 3.05) is 0 Å². The van der Waals surface area contributed by atoms with E-state index < -0.39 is 0 Å². The molecule has 0 saturated heterocycles. The number of para-hydroxylation sites is 1. The van der Waals surface area contributed by atoms with Crippen LogP contribution in [0.2, 0.25) is 0 Å². The summed E-state index contributed by atoms with van der Waals surface area (Å²) < 4.78 is 5.93. The van der Waals surface area contributed by atoms with Gasteiger partial charge >= 0.3 is 0 Å². The largest absolute Gasteiger partial charge is 0.461 e. The molecule has 0 atom stereocenters. The molecule has 0 radical (unpaired) electrons. The number of hydrogen-bond acceptors (Lipinski definition) is 1. The van der Waals surface area contributed by atoms with Gasteiger partial charge < -0.3 is 9.40 Å². The summed E-state index contributed by atoms with van der Waals surface area (Å²) in [6.07, 6.45) is 3.00. The van der Waals surface area contributed by atoms with Gasteiger partial charge in [0.15, 0.2) is 0 Å². The summed E-state index contributed by atoms with van der Waals surface area (Å²) in [6, 6.07) is 12.4. The van der Waals surface area contributed by atoms with Gasteiger partial charge in [-0.3, -0.25) is 0 Å². The maximum Gasteiger partial charge on any atom is 0.136 e. The second-order valence-electron chi connectivity index (χ2n) is 5.11. The zero-order valence-electron chi connectivity index (χ0n) is 10.7. The smallest absolute Gasteiger partial charge is 0.136 e. The van der Waals surface area contributed by atoms with Gasteiger partial charge in [-0.1, -0.05) is 32.0 Å². The van der Waals surface area contributed by atoms with Crippen molar-refractivity contribution >= 4 is 10.9 Å². The molecule has 2 aromatic heterocycles. The number of furan rings is 1. The molecule has 0 fully saturated rings. The molecule has 0 aliphatic rings. The summed E-state index contributed by atoms with van der Waals surface area (Å²) in [7, 11) is 0. The maximum atomic E-state index is 5.93. The highest BCUT2D eigenvalue weighted by Gasteiger charge is 2.10. The van der Waals surface area contributed by atoms with Crippen LogP contribution in [0.15, 0.2) is 47.0 Å². The van der Waals surface area contributed by atoms with Gasteiger partial charge in [0.05, 0.1) is 0 Å². The van der Waals surface area contributed by atoms with Gasteiger partial charge in [-0.25, -0.2) is 0 Å². The van der Waals surface area contributed by atoms with Gasteiger partial charge in [0.2, 0.25) is 0 Å². The summed E-state index contributed by atoms with van der Waals surface area (Å²) in [6.45, 7) is 4.40. The fourth-order valence-electron chi connectivity index (χ4n) is 2.31. The van der Waals surface area contributed by atoms with Crippen molar-refractivity contribution in [1.29, 1.82) is 0 Å². The van der Waals surface area contributed by atoms with Gasteiger partial charge in [0, 0.05) is 29.1 Å². The minimum absolute atomic E-state index is 0.618. The lowest BCUT2D eigenvalue weighted by atomic mass is 10.1. The van der Waals surface area contributed by atoms with E-state index in [0.29, 0.717) is 5.92 Å². The normalized spacial score (nSPS) is 11.5. The summed E-state index contributed by atoms with van der Waals surface area (Å²) in [5, 5.41) is 1.21. The van der Waals surface area contributed by atoms with Gasteiger partial charge in [-0.15, -0.1) is 0 Å². The number of rotatable bonds is 3. The van der Waals surface area contributed by atoms with E-state index in [1.54, 1.807) is 0 Å².